The number of aryl methyl sites for hydroxylation is 3. The maximum atomic E-state index is 12.9. The third-order valence-corrected chi connectivity index (χ3v) is 5.71. The highest BCUT2D eigenvalue weighted by Crippen LogP contribution is 2.31. The maximum Gasteiger partial charge on any atom is 0.264 e. The molecule has 0 unspecified atom stereocenters. The molecule has 2 rings (SSSR count). The summed E-state index contributed by atoms with van der Waals surface area (Å²) in [6.07, 6.45) is 0. The van der Waals surface area contributed by atoms with Crippen molar-refractivity contribution >= 4 is 27.3 Å². The first kappa shape index (κ1) is 16.8. The molecule has 3 nitrogen and oxygen atoms in total. The van der Waals surface area contributed by atoms with Crippen molar-refractivity contribution in [3.63, 3.8) is 0 Å². The highest BCUT2D eigenvalue weighted by Gasteiger charge is 2.26. The summed E-state index contributed by atoms with van der Waals surface area (Å²) in [5, 5.41) is 0.518. The van der Waals surface area contributed by atoms with Crippen molar-refractivity contribution in [2.75, 3.05) is 10.8 Å². The van der Waals surface area contributed by atoms with Crippen LogP contribution in [0, 0.1) is 20.8 Å². The van der Waals surface area contributed by atoms with Crippen LogP contribution in [0.25, 0.3) is 0 Å². The molecule has 0 bridgehead atoms. The lowest BCUT2D eigenvalue weighted by Gasteiger charge is -2.26. The van der Waals surface area contributed by atoms with Crippen LogP contribution in [0.2, 0.25) is 5.02 Å². The van der Waals surface area contributed by atoms with Gasteiger partial charge in [0.25, 0.3) is 10.0 Å². The van der Waals surface area contributed by atoms with Gasteiger partial charge in [-0.1, -0.05) is 29.3 Å². The van der Waals surface area contributed by atoms with Crippen LogP contribution in [0.3, 0.4) is 0 Å². The Bertz CT molecular complexity index is 760. The Morgan fingerprint density at radius 1 is 1.00 bits per heavy atom. The average molecular weight is 338 g/mol. The quantitative estimate of drug-likeness (QED) is 0.824. The molecule has 118 valence electrons. The molecule has 2 aromatic carbocycles. The molecular weight excluding hydrogens is 318 g/mol. The second kappa shape index (κ2) is 6.31. The van der Waals surface area contributed by atoms with Crippen molar-refractivity contribution in [2.24, 2.45) is 0 Å². The predicted octanol–water partition coefficient (Wildman–Crippen LogP) is 4.48. The molecule has 0 aromatic heterocycles. The van der Waals surface area contributed by atoms with E-state index in [1.807, 2.05) is 39.8 Å². The zero-order valence-corrected chi connectivity index (χ0v) is 14.8. The van der Waals surface area contributed by atoms with Gasteiger partial charge in [-0.2, -0.15) is 0 Å². The van der Waals surface area contributed by atoms with Crippen molar-refractivity contribution in [3.05, 3.63) is 58.1 Å². The molecule has 0 N–H and O–H groups in total. The number of hydrogen-bond donors (Lipinski definition) is 0. The van der Waals surface area contributed by atoms with Gasteiger partial charge in [0.15, 0.2) is 0 Å². The molecule has 0 aliphatic rings. The van der Waals surface area contributed by atoms with E-state index >= 15 is 0 Å². The van der Waals surface area contributed by atoms with Gasteiger partial charge in [0.05, 0.1) is 10.6 Å². The molecule has 0 spiro atoms. The lowest BCUT2D eigenvalue weighted by Crippen LogP contribution is -2.32. The number of nitrogens with zero attached hydrogens (tertiary/aromatic N) is 1. The van der Waals surface area contributed by atoms with Gasteiger partial charge in [-0.15, -0.1) is 0 Å². The van der Waals surface area contributed by atoms with Gasteiger partial charge in [0.1, 0.15) is 0 Å². The molecule has 0 fully saturated rings. The van der Waals surface area contributed by atoms with Gasteiger partial charge in [-0.05, 0) is 63.1 Å². The van der Waals surface area contributed by atoms with Crippen LogP contribution in [0.5, 0.6) is 0 Å². The second-order valence-electron chi connectivity index (χ2n) is 5.37. The third-order valence-electron chi connectivity index (χ3n) is 3.57. The van der Waals surface area contributed by atoms with Gasteiger partial charge >= 0.3 is 0 Å². The molecule has 0 radical (unpaired) electrons. The zero-order valence-electron chi connectivity index (χ0n) is 13.2. The molecule has 22 heavy (non-hydrogen) atoms. The highest BCUT2D eigenvalue weighted by molar-refractivity contribution is 7.92. The predicted molar refractivity (Wildman–Crippen MR) is 92.3 cm³/mol. The lowest BCUT2D eigenvalue weighted by molar-refractivity contribution is 0.591. The van der Waals surface area contributed by atoms with Gasteiger partial charge in [-0.25, -0.2) is 8.42 Å². The Morgan fingerprint density at radius 2 is 1.50 bits per heavy atom. The molecule has 0 heterocycles. The SMILES string of the molecule is CCN(c1c(C)cc(C)cc1C)S(=O)(=O)c1ccc(Cl)cc1. The number of benzene rings is 2. The van der Waals surface area contributed by atoms with Crippen LogP contribution in [0.15, 0.2) is 41.3 Å². The number of anilines is 1. The summed E-state index contributed by atoms with van der Waals surface area (Å²) in [6, 6.07) is 10.3. The number of halogens is 1. The standard InChI is InChI=1S/C17H20ClNO2S/c1-5-19(17-13(3)10-12(2)11-14(17)4)22(20,21)16-8-6-15(18)7-9-16/h6-11H,5H2,1-4H3. The first-order chi connectivity index (χ1) is 10.3. The highest BCUT2D eigenvalue weighted by atomic mass is 35.5. The fourth-order valence-corrected chi connectivity index (χ4v) is 4.48. The summed E-state index contributed by atoms with van der Waals surface area (Å²) < 4.78 is 27.4. The monoisotopic (exact) mass is 337 g/mol. The molecule has 0 saturated carbocycles. The van der Waals surface area contributed by atoms with E-state index in [0.717, 1.165) is 22.4 Å². The van der Waals surface area contributed by atoms with Crippen molar-refractivity contribution < 1.29 is 8.42 Å². The van der Waals surface area contributed by atoms with E-state index in [9.17, 15) is 8.42 Å². The molecule has 0 atom stereocenters. The largest absolute Gasteiger partial charge is 0.266 e. The topological polar surface area (TPSA) is 37.4 Å². The van der Waals surface area contributed by atoms with Crippen molar-refractivity contribution in [2.45, 2.75) is 32.6 Å². The zero-order chi connectivity index (χ0) is 16.5. The molecular formula is C17H20ClNO2S. The van der Waals surface area contributed by atoms with E-state index in [1.165, 1.54) is 4.31 Å². The summed E-state index contributed by atoms with van der Waals surface area (Å²) in [5.74, 6) is 0. The first-order valence-electron chi connectivity index (χ1n) is 7.13. The summed E-state index contributed by atoms with van der Waals surface area (Å²) in [4.78, 5) is 0.248. The molecule has 0 aliphatic carbocycles. The summed E-state index contributed by atoms with van der Waals surface area (Å²) in [6.45, 7) is 8.10. The summed E-state index contributed by atoms with van der Waals surface area (Å²) >= 11 is 5.85. The van der Waals surface area contributed by atoms with E-state index < -0.39 is 10.0 Å². The van der Waals surface area contributed by atoms with Gasteiger partial charge in [-0.3, -0.25) is 4.31 Å². The van der Waals surface area contributed by atoms with Gasteiger partial charge in [0.2, 0.25) is 0 Å². The van der Waals surface area contributed by atoms with Gasteiger partial charge < -0.3 is 0 Å². The molecule has 0 aliphatic heterocycles. The summed E-state index contributed by atoms with van der Waals surface area (Å²) in [5.41, 5.74) is 3.79. The smallest absolute Gasteiger partial charge is 0.264 e. The molecule has 2 aromatic rings. The summed E-state index contributed by atoms with van der Waals surface area (Å²) in [7, 11) is -3.60. The van der Waals surface area contributed by atoms with Crippen molar-refractivity contribution in [3.8, 4) is 0 Å². The van der Waals surface area contributed by atoms with E-state index in [4.69, 9.17) is 11.6 Å². The minimum atomic E-state index is -3.60. The van der Waals surface area contributed by atoms with Crippen LogP contribution in [-0.4, -0.2) is 15.0 Å². The Hall–Kier alpha value is -1.52. The first-order valence-corrected chi connectivity index (χ1v) is 8.95. The fourth-order valence-electron chi connectivity index (χ4n) is 2.75. The van der Waals surface area contributed by atoms with Crippen molar-refractivity contribution in [1.82, 2.24) is 0 Å². The van der Waals surface area contributed by atoms with E-state index in [1.54, 1.807) is 24.3 Å². The number of sulfonamides is 1. The van der Waals surface area contributed by atoms with Crippen LogP contribution >= 0.6 is 11.6 Å². The minimum Gasteiger partial charge on any atom is -0.266 e. The molecule has 0 amide bonds. The van der Waals surface area contributed by atoms with E-state index in [-0.39, 0.29) is 4.90 Å². The third kappa shape index (κ3) is 3.13. The van der Waals surface area contributed by atoms with Crippen LogP contribution in [0.1, 0.15) is 23.6 Å². The lowest BCUT2D eigenvalue weighted by atomic mass is 10.1. The molecule has 5 heteroatoms. The average Bonchev–Trinajstić information content (AvgIpc) is 2.42. The maximum absolute atomic E-state index is 12.9. The Labute approximate surface area is 137 Å². The van der Waals surface area contributed by atoms with E-state index in [2.05, 4.69) is 0 Å². The second-order valence-corrected chi connectivity index (χ2v) is 7.67. The Kier molecular flexibility index (Phi) is 4.83. The van der Waals surface area contributed by atoms with Crippen LogP contribution in [0.4, 0.5) is 5.69 Å². The van der Waals surface area contributed by atoms with Crippen LogP contribution in [-0.2, 0) is 10.0 Å². The number of rotatable bonds is 4. The minimum absolute atomic E-state index is 0.248. The fraction of sp³-hybridized carbons (Fsp3) is 0.294. The van der Waals surface area contributed by atoms with Crippen LogP contribution < -0.4 is 4.31 Å². The normalized spacial score (nSPS) is 11.5. The van der Waals surface area contributed by atoms with E-state index in [0.29, 0.717) is 11.6 Å². The van der Waals surface area contributed by atoms with Crippen molar-refractivity contribution in [1.29, 1.82) is 0 Å². The molecule has 0 saturated heterocycles. The number of hydrogen-bond acceptors (Lipinski definition) is 2. The Morgan fingerprint density at radius 3 is 1.95 bits per heavy atom. The van der Waals surface area contributed by atoms with Gasteiger partial charge in [0, 0.05) is 11.6 Å². The Balaban J connectivity index is 2.59.